The monoisotopic (exact) mass is 279 g/mol. The van der Waals surface area contributed by atoms with Crippen LogP contribution in [0, 0.1) is 17.4 Å². The lowest BCUT2D eigenvalue weighted by atomic mass is 10.2. The molecule has 0 bridgehead atoms. The van der Waals surface area contributed by atoms with Crippen molar-refractivity contribution in [1.82, 2.24) is 4.98 Å². The number of aromatic nitrogens is 1. The number of halogens is 1. The van der Waals surface area contributed by atoms with Crippen LogP contribution in [0.25, 0.3) is 0 Å². The van der Waals surface area contributed by atoms with Crippen molar-refractivity contribution < 1.29 is 9.53 Å². The van der Waals surface area contributed by atoms with Gasteiger partial charge >= 0.3 is 5.97 Å². The molecule has 0 aliphatic carbocycles. The molecule has 0 unspecified atom stereocenters. The van der Waals surface area contributed by atoms with Crippen LogP contribution in [0.4, 0.5) is 0 Å². The van der Waals surface area contributed by atoms with Gasteiger partial charge in [0, 0.05) is 15.0 Å². The van der Waals surface area contributed by atoms with E-state index in [2.05, 4.69) is 32.3 Å². The van der Waals surface area contributed by atoms with Crippen molar-refractivity contribution in [2.45, 2.75) is 13.8 Å². The largest absolute Gasteiger partial charge is 0.465 e. The Morgan fingerprint density at radius 1 is 1.42 bits per heavy atom. The van der Waals surface area contributed by atoms with E-state index >= 15 is 0 Å². The van der Waals surface area contributed by atoms with Gasteiger partial charge < -0.3 is 9.72 Å². The minimum Gasteiger partial charge on any atom is -0.465 e. The molecule has 0 fully saturated rings. The van der Waals surface area contributed by atoms with Gasteiger partial charge in [-0.25, -0.2) is 4.79 Å². The molecule has 0 amide bonds. The summed E-state index contributed by atoms with van der Waals surface area (Å²) < 4.78 is 5.59. The highest BCUT2D eigenvalue weighted by molar-refractivity contribution is 14.1. The molecule has 1 heterocycles. The van der Waals surface area contributed by atoms with Crippen LogP contribution in [0.2, 0.25) is 0 Å². The number of esters is 1. The maximum absolute atomic E-state index is 11.2. The highest BCUT2D eigenvalue weighted by Crippen LogP contribution is 2.20. The van der Waals surface area contributed by atoms with Crippen LogP contribution in [-0.2, 0) is 4.74 Å². The van der Waals surface area contributed by atoms with E-state index in [-0.39, 0.29) is 5.97 Å². The fraction of sp³-hybridized carbons (Fsp3) is 0.375. The number of aromatic amines is 1. The number of aryl methyl sites for hydroxylation is 2. The number of carbonyl (C=O) groups is 1. The van der Waals surface area contributed by atoms with E-state index in [9.17, 15) is 4.79 Å². The quantitative estimate of drug-likeness (QED) is 0.631. The number of methoxy groups -OCH3 is 1. The normalized spacial score (nSPS) is 10.0. The standard InChI is InChI=1S/C8H10INO2/c1-4-6(8(11)12-3)7(9)5(2)10-4/h10H,1-3H3. The van der Waals surface area contributed by atoms with Gasteiger partial charge in [0.1, 0.15) is 0 Å². The molecule has 0 atom stereocenters. The molecule has 12 heavy (non-hydrogen) atoms. The molecule has 66 valence electrons. The summed E-state index contributed by atoms with van der Waals surface area (Å²) in [5.41, 5.74) is 2.52. The van der Waals surface area contributed by atoms with Gasteiger partial charge in [-0.1, -0.05) is 0 Å². The van der Waals surface area contributed by atoms with Crippen LogP contribution in [0.3, 0.4) is 0 Å². The van der Waals surface area contributed by atoms with Crippen molar-refractivity contribution in [3.8, 4) is 0 Å². The summed E-state index contributed by atoms with van der Waals surface area (Å²) in [6.45, 7) is 3.79. The Morgan fingerprint density at radius 3 is 2.33 bits per heavy atom. The van der Waals surface area contributed by atoms with Crippen molar-refractivity contribution in [1.29, 1.82) is 0 Å². The Balaban J connectivity index is 3.22. The first-order valence-corrected chi connectivity index (χ1v) is 4.58. The van der Waals surface area contributed by atoms with Crippen LogP contribution < -0.4 is 0 Å². The molecule has 0 spiro atoms. The van der Waals surface area contributed by atoms with E-state index in [1.54, 1.807) is 0 Å². The van der Waals surface area contributed by atoms with E-state index in [0.29, 0.717) is 5.56 Å². The third-order valence-electron chi connectivity index (χ3n) is 1.69. The molecule has 1 N–H and O–H groups in total. The summed E-state index contributed by atoms with van der Waals surface area (Å²) in [6, 6.07) is 0. The number of ether oxygens (including phenoxy) is 1. The van der Waals surface area contributed by atoms with Crippen molar-refractivity contribution in [3.05, 3.63) is 20.5 Å². The Labute approximate surface area is 84.6 Å². The van der Waals surface area contributed by atoms with Crippen molar-refractivity contribution in [2.75, 3.05) is 7.11 Å². The highest BCUT2D eigenvalue weighted by Gasteiger charge is 2.17. The van der Waals surface area contributed by atoms with Gasteiger partial charge in [0.05, 0.1) is 12.7 Å². The molecule has 0 radical (unpaired) electrons. The third kappa shape index (κ3) is 1.48. The van der Waals surface area contributed by atoms with Gasteiger partial charge in [-0.15, -0.1) is 0 Å². The van der Waals surface area contributed by atoms with Crippen molar-refractivity contribution >= 4 is 28.6 Å². The van der Waals surface area contributed by atoms with Gasteiger partial charge in [-0.2, -0.15) is 0 Å². The molecule has 1 aromatic rings. The van der Waals surface area contributed by atoms with Crippen LogP contribution in [0.1, 0.15) is 21.7 Å². The minimum atomic E-state index is -0.277. The topological polar surface area (TPSA) is 42.1 Å². The highest BCUT2D eigenvalue weighted by atomic mass is 127. The SMILES string of the molecule is COC(=O)c1c(C)[nH]c(C)c1I. The summed E-state index contributed by atoms with van der Waals surface area (Å²) >= 11 is 2.13. The maximum atomic E-state index is 11.2. The van der Waals surface area contributed by atoms with Crippen molar-refractivity contribution in [3.63, 3.8) is 0 Å². The zero-order valence-corrected chi connectivity index (χ0v) is 9.35. The van der Waals surface area contributed by atoms with E-state index in [1.807, 2.05) is 13.8 Å². The number of rotatable bonds is 1. The fourth-order valence-electron chi connectivity index (χ4n) is 1.10. The summed E-state index contributed by atoms with van der Waals surface area (Å²) in [7, 11) is 1.39. The van der Waals surface area contributed by atoms with Crippen LogP contribution in [0.15, 0.2) is 0 Å². The molecule has 1 rings (SSSR count). The molecule has 0 aliphatic heterocycles. The zero-order chi connectivity index (χ0) is 9.30. The molecule has 0 aliphatic rings. The maximum Gasteiger partial charge on any atom is 0.340 e. The number of H-pyrrole nitrogens is 1. The van der Waals surface area contributed by atoms with E-state index in [1.165, 1.54) is 7.11 Å². The van der Waals surface area contributed by atoms with E-state index in [0.717, 1.165) is 15.0 Å². The first-order valence-electron chi connectivity index (χ1n) is 3.51. The van der Waals surface area contributed by atoms with Gasteiger partial charge in [0.2, 0.25) is 0 Å². The van der Waals surface area contributed by atoms with Gasteiger partial charge in [-0.3, -0.25) is 0 Å². The Bertz CT molecular complexity index is 317. The molecule has 0 saturated heterocycles. The summed E-state index contributed by atoms with van der Waals surface area (Å²) in [4.78, 5) is 14.3. The molecule has 0 saturated carbocycles. The summed E-state index contributed by atoms with van der Waals surface area (Å²) in [5.74, 6) is -0.277. The summed E-state index contributed by atoms with van der Waals surface area (Å²) in [5, 5.41) is 0. The predicted octanol–water partition coefficient (Wildman–Crippen LogP) is 2.02. The average molecular weight is 279 g/mol. The van der Waals surface area contributed by atoms with Gasteiger partial charge in [0.15, 0.2) is 0 Å². The third-order valence-corrected chi connectivity index (χ3v) is 3.04. The summed E-state index contributed by atoms with van der Waals surface area (Å²) in [6.07, 6.45) is 0. The van der Waals surface area contributed by atoms with Crippen LogP contribution in [-0.4, -0.2) is 18.1 Å². The molecule has 4 heteroatoms. The Morgan fingerprint density at radius 2 is 2.00 bits per heavy atom. The Hall–Kier alpha value is -0.520. The van der Waals surface area contributed by atoms with Crippen molar-refractivity contribution in [2.24, 2.45) is 0 Å². The lowest BCUT2D eigenvalue weighted by Gasteiger charge is -1.97. The molecular weight excluding hydrogens is 269 g/mol. The average Bonchev–Trinajstić information content (AvgIpc) is 2.26. The lowest BCUT2D eigenvalue weighted by Crippen LogP contribution is -2.03. The number of carbonyl (C=O) groups excluding carboxylic acids is 1. The molecule has 1 aromatic heterocycles. The van der Waals surface area contributed by atoms with Crippen LogP contribution >= 0.6 is 22.6 Å². The van der Waals surface area contributed by atoms with E-state index in [4.69, 9.17) is 0 Å². The lowest BCUT2D eigenvalue weighted by molar-refractivity contribution is 0.0599. The van der Waals surface area contributed by atoms with Gasteiger partial charge in [0.25, 0.3) is 0 Å². The fourth-order valence-corrected chi connectivity index (χ4v) is 1.86. The second kappa shape index (κ2) is 3.47. The number of hydrogen-bond donors (Lipinski definition) is 1. The first-order chi connectivity index (χ1) is 5.57. The second-order valence-electron chi connectivity index (χ2n) is 2.56. The first kappa shape index (κ1) is 9.57. The van der Waals surface area contributed by atoms with Gasteiger partial charge in [-0.05, 0) is 36.4 Å². The predicted molar refractivity (Wildman–Crippen MR) is 54.3 cm³/mol. The van der Waals surface area contributed by atoms with Crippen LogP contribution in [0.5, 0.6) is 0 Å². The van der Waals surface area contributed by atoms with E-state index < -0.39 is 0 Å². The molecule has 0 aromatic carbocycles. The Kier molecular flexibility index (Phi) is 2.76. The second-order valence-corrected chi connectivity index (χ2v) is 3.63. The molecule has 3 nitrogen and oxygen atoms in total. The number of nitrogens with one attached hydrogen (secondary N) is 1. The molecular formula is C8H10INO2. The number of hydrogen-bond acceptors (Lipinski definition) is 2. The zero-order valence-electron chi connectivity index (χ0n) is 7.19. The smallest absolute Gasteiger partial charge is 0.340 e. The minimum absolute atomic E-state index is 0.277.